The fourth-order valence-corrected chi connectivity index (χ4v) is 4.44. The van der Waals surface area contributed by atoms with Crippen LogP contribution in [0.2, 0.25) is 5.02 Å². The number of thiophene rings is 1. The zero-order valence-electron chi connectivity index (χ0n) is 13.5. The molecule has 1 amide bonds. The molecule has 1 aliphatic heterocycles. The highest BCUT2D eigenvalue weighted by Gasteiger charge is 2.22. The average molecular weight is 360 g/mol. The van der Waals surface area contributed by atoms with Crippen molar-refractivity contribution in [2.45, 2.75) is 26.2 Å². The molecule has 0 spiro atoms. The van der Waals surface area contributed by atoms with Crippen LogP contribution in [0.1, 0.15) is 34.6 Å². The lowest BCUT2D eigenvalue weighted by Crippen LogP contribution is -2.35. The zero-order chi connectivity index (χ0) is 16.7. The summed E-state index contributed by atoms with van der Waals surface area (Å²) in [5.41, 5.74) is 1.89. The minimum atomic E-state index is 0.151. The molecule has 3 aromatic rings. The van der Waals surface area contributed by atoms with Gasteiger partial charge in [0.25, 0.3) is 5.91 Å². The first-order valence-electron chi connectivity index (χ1n) is 8.18. The minimum Gasteiger partial charge on any atom is -0.338 e. The number of aromatic nitrogens is 2. The van der Waals surface area contributed by atoms with E-state index in [0.29, 0.717) is 5.02 Å². The van der Waals surface area contributed by atoms with E-state index in [2.05, 4.69) is 5.10 Å². The number of nitrogens with zero attached hydrogens (tertiary/aromatic N) is 3. The molecule has 0 aliphatic carbocycles. The zero-order valence-corrected chi connectivity index (χ0v) is 15.0. The molecule has 4 nitrogen and oxygen atoms in total. The third-order valence-corrected chi connectivity index (χ3v) is 5.82. The molecule has 0 unspecified atom stereocenters. The smallest absolute Gasteiger partial charge is 0.264 e. The maximum Gasteiger partial charge on any atom is 0.264 e. The van der Waals surface area contributed by atoms with Crippen molar-refractivity contribution < 1.29 is 4.79 Å². The lowest BCUT2D eigenvalue weighted by Gasteiger charge is -2.26. The Bertz CT molecular complexity index is 891. The van der Waals surface area contributed by atoms with Crippen LogP contribution in [0.3, 0.4) is 0 Å². The van der Waals surface area contributed by atoms with Gasteiger partial charge in [0.05, 0.1) is 16.3 Å². The van der Waals surface area contributed by atoms with Crippen LogP contribution in [0, 0.1) is 6.92 Å². The summed E-state index contributed by atoms with van der Waals surface area (Å²) in [5, 5.41) is 6.37. The molecule has 124 valence electrons. The SMILES string of the molecule is Cc1nn(-c2ccc(Cl)cc2)c2sc(C(=O)N3CCCCC3)cc12. The Morgan fingerprint density at radius 1 is 1.17 bits per heavy atom. The fourth-order valence-electron chi connectivity index (χ4n) is 3.16. The van der Waals surface area contributed by atoms with Gasteiger partial charge in [0.2, 0.25) is 0 Å². The average Bonchev–Trinajstić information content (AvgIpc) is 3.17. The third-order valence-electron chi connectivity index (χ3n) is 4.47. The number of piperidine rings is 1. The van der Waals surface area contributed by atoms with Crippen molar-refractivity contribution in [1.82, 2.24) is 14.7 Å². The number of fused-ring (bicyclic) bond motifs is 1. The largest absolute Gasteiger partial charge is 0.338 e. The Hall–Kier alpha value is -1.85. The lowest BCUT2D eigenvalue weighted by atomic mass is 10.1. The highest BCUT2D eigenvalue weighted by Crippen LogP contribution is 2.31. The van der Waals surface area contributed by atoms with Gasteiger partial charge in [-0.25, -0.2) is 4.68 Å². The summed E-state index contributed by atoms with van der Waals surface area (Å²) in [6, 6.07) is 9.59. The van der Waals surface area contributed by atoms with Crippen molar-refractivity contribution in [3.05, 3.63) is 45.9 Å². The molecule has 1 saturated heterocycles. The Kier molecular flexibility index (Phi) is 4.06. The van der Waals surface area contributed by atoms with E-state index in [1.54, 1.807) is 0 Å². The van der Waals surface area contributed by atoms with Crippen LogP contribution in [0.15, 0.2) is 30.3 Å². The van der Waals surface area contributed by atoms with E-state index < -0.39 is 0 Å². The Morgan fingerprint density at radius 2 is 1.88 bits per heavy atom. The molecule has 1 aromatic carbocycles. The van der Waals surface area contributed by atoms with E-state index in [1.165, 1.54) is 17.8 Å². The number of hydrogen-bond donors (Lipinski definition) is 0. The Morgan fingerprint density at radius 3 is 2.58 bits per heavy atom. The van der Waals surface area contributed by atoms with Crippen molar-refractivity contribution in [3.63, 3.8) is 0 Å². The molecule has 1 aliphatic rings. The third kappa shape index (κ3) is 2.72. The second kappa shape index (κ2) is 6.22. The van der Waals surface area contributed by atoms with E-state index >= 15 is 0 Å². The van der Waals surface area contributed by atoms with E-state index in [1.807, 2.05) is 46.8 Å². The molecule has 0 radical (unpaired) electrons. The number of carbonyl (C=O) groups is 1. The molecular weight excluding hydrogens is 342 g/mol. The number of benzene rings is 1. The Labute approximate surface area is 149 Å². The molecule has 0 bridgehead atoms. The van der Waals surface area contributed by atoms with Gasteiger partial charge in [0, 0.05) is 23.5 Å². The number of rotatable bonds is 2. The summed E-state index contributed by atoms with van der Waals surface area (Å²) < 4.78 is 1.90. The van der Waals surface area contributed by atoms with Gasteiger partial charge < -0.3 is 4.90 Å². The highest BCUT2D eigenvalue weighted by atomic mass is 35.5. The lowest BCUT2D eigenvalue weighted by molar-refractivity contribution is 0.0729. The number of carbonyl (C=O) groups excluding carboxylic acids is 1. The second-order valence-electron chi connectivity index (χ2n) is 6.16. The molecule has 0 atom stereocenters. The topological polar surface area (TPSA) is 38.1 Å². The first-order valence-corrected chi connectivity index (χ1v) is 9.37. The van der Waals surface area contributed by atoms with Gasteiger partial charge >= 0.3 is 0 Å². The molecular formula is C18H18ClN3OS. The predicted molar refractivity (Wildman–Crippen MR) is 98.4 cm³/mol. The van der Waals surface area contributed by atoms with E-state index in [9.17, 15) is 4.79 Å². The molecule has 0 N–H and O–H groups in total. The van der Waals surface area contributed by atoms with Gasteiger partial charge in [-0.3, -0.25) is 4.79 Å². The van der Waals surface area contributed by atoms with Crippen LogP contribution in [0.4, 0.5) is 0 Å². The number of amides is 1. The Balaban J connectivity index is 1.74. The maximum absolute atomic E-state index is 12.8. The minimum absolute atomic E-state index is 0.151. The summed E-state index contributed by atoms with van der Waals surface area (Å²) in [6.07, 6.45) is 3.43. The van der Waals surface area contributed by atoms with Crippen molar-refractivity contribution in [2.75, 3.05) is 13.1 Å². The van der Waals surface area contributed by atoms with E-state index in [4.69, 9.17) is 11.6 Å². The molecule has 24 heavy (non-hydrogen) atoms. The van der Waals surface area contributed by atoms with Gasteiger partial charge in [0.15, 0.2) is 0 Å². The first-order chi connectivity index (χ1) is 11.6. The van der Waals surface area contributed by atoms with Crippen LogP contribution in [0.5, 0.6) is 0 Å². The molecule has 3 heterocycles. The predicted octanol–water partition coefficient (Wildman–Crippen LogP) is 4.67. The molecule has 4 rings (SSSR count). The van der Waals surface area contributed by atoms with Crippen LogP contribution in [-0.4, -0.2) is 33.7 Å². The van der Waals surface area contributed by atoms with Crippen LogP contribution in [-0.2, 0) is 0 Å². The normalized spacial score (nSPS) is 15.2. The van der Waals surface area contributed by atoms with Crippen LogP contribution < -0.4 is 0 Å². The summed E-state index contributed by atoms with van der Waals surface area (Å²) in [5.74, 6) is 0.151. The monoisotopic (exact) mass is 359 g/mol. The number of aryl methyl sites for hydroxylation is 1. The maximum atomic E-state index is 12.8. The summed E-state index contributed by atoms with van der Waals surface area (Å²) >= 11 is 7.50. The number of likely N-dealkylation sites (tertiary alicyclic amines) is 1. The van der Waals surface area contributed by atoms with Crippen LogP contribution >= 0.6 is 22.9 Å². The van der Waals surface area contributed by atoms with E-state index in [-0.39, 0.29) is 5.91 Å². The molecule has 2 aromatic heterocycles. The number of halogens is 1. The molecule has 6 heteroatoms. The molecule has 0 saturated carbocycles. The van der Waals surface area contributed by atoms with Crippen molar-refractivity contribution in [3.8, 4) is 5.69 Å². The summed E-state index contributed by atoms with van der Waals surface area (Å²) in [6.45, 7) is 3.72. The summed E-state index contributed by atoms with van der Waals surface area (Å²) in [4.78, 5) is 16.5. The van der Waals surface area contributed by atoms with Gasteiger partial charge in [-0.2, -0.15) is 5.10 Å². The van der Waals surface area contributed by atoms with Crippen molar-refractivity contribution in [2.24, 2.45) is 0 Å². The molecule has 1 fully saturated rings. The highest BCUT2D eigenvalue weighted by molar-refractivity contribution is 7.20. The second-order valence-corrected chi connectivity index (χ2v) is 7.62. The van der Waals surface area contributed by atoms with Crippen LogP contribution in [0.25, 0.3) is 15.9 Å². The first kappa shape index (κ1) is 15.7. The van der Waals surface area contributed by atoms with Gasteiger partial charge in [-0.1, -0.05) is 11.6 Å². The van der Waals surface area contributed by atoms with Crippen molar-refractivity contribution in [1.29, 1.82) is 0 Å². The summed E-state index contributed by atoms with van der Waals surface area (Å²) in [7, 11) is 0. The standard InChI is InChI=1S/C18H18ClN3OS/c1-12-15-11-16(17(23)21-9-3-2-4-10-21)24-18(15)22(20-12)14-7-5-13(19)6-8-14/h5-8,11H,2-4,9-10H2,1H3. The van der Waals surface area contributed by atoms with Gasteiger partial charge in [0.1, 0.15) is 4.83 Å². The quantitative estimate of drug-likeness (QED) is 0.666. The van der Waals surface area contributed by atoms with Gasteiger partial charge in [-0.15, -0.1) is 11.3 Å². The number of hydrogen-bond acceptors (Lipinski definition) is 3. The van der Waals surface area contributed by atoms with Crippen molar-refractivity contribution >= 4 is 39.1 Å². The fraction of sp³-hybridized carbons (Fsp3) is 0.333. The van der Waals surface area contributed by atoms with E-state index in [0.717, 1.165) is 52.4 Å². The van der Waals surface area contributed by atoms with Gasteiger partial charge in [-0.05, 0) is 56.5 Å².